The Morgan fingerprint density at radius 1 is 1.09 bits per heavy atom. The Bertz CT molecular complexity index is 1230. The zero-order valence-corrected chi connectivity index (χ0v) is 18.5. The SMILES string of the molecule is O=C(Nc1nc(C2=CCC(c3ccccc3)CC2)cs1)c1cccn1Cc1ccncc1. The highest BCUT2D eigenvalue weighted by atomic mass is 32.1. The van der Waals surface area contributed by atoms with E-state index in [4.69, 9.17) is 4.98 Å². The molecule has 1 aromatic carbocycles. The first-order chi connectivity index (χ1) is 15.8. The van der Waals surface area contributed by atoms with Gasteiger partial charge in [0, 0.05) is 30.5 Å². The summed E-state index contributed by atoms with van der Waals surface area (Å²) in [6, 6.07) is 18.3. The fourth-order valence-corrected chi connectivity index (χ4v) is 4.91. The molecule has 0 aliphatic heterocycles. The molecule has 4 aromatic rings. The fraction of sp³-hybridized carbons (Fsp3) is 0.192. The van der Waals surface area contributed by atoms with Gasteiger partial charge < -0.3 is 4.57 Å². The fourth-order valence-electron chi connectivity index (χ4n) is 4.18. The summed E-state index contributed by atoms with van der Waals surface area (Å²) < 4.78 is 1.94. The van der Waals surface area contributed by atoms with Crippen LogP contribution in [0.1, 0.15) is 52.5 Å². The van der Waals surface area contributed by atoms with E-state index in [0.717, 1.165) is 30.5 Å². The quantitative estimate of drug-likeness (QED) is 0.400. The summed E-state index contributed by atoms with van der Waals surface area (Å²) in [7, 11) is 0. The van der Waals surface area contributed by atoms with Crippen LogP contribution in [0.5, 0.6) is 0 Å². The van der Waals surface area contributed by atoms with Gasteiger partial charge in [0.05, 0.1) is 5.69 Å². The van der Waals surface area contributed by atoms with Crippen LogP contribution in [0.25, 0.3) is 5.57 Å². The van der Waals surface area contributed by atoms with E-state index >= 15 is 0 Å². The molecule has 32 heavy (non-hydrogen) atoms. The molecule has 1 aliphatic carbocycles. The largest absolute Gasteiger partial charge is 0.339 e. The molecule has 160 valence electrons. The number of nitrogens with zero attached hydrogens (tertiary/aromatic N) is 3. The third-order valence-electron chi connectivity index (χ3n) is 5.90. The first kappa shape index (κ1) is 20.4. The number of pyridine rings is 1. The molecule has 0 saturated carbocycles. The van der Waals surface area contributed by atoms with Crippen molar-refractivity contribution in [3.63, 3.8) is 0 Å². The molecule has 0 bridgehead atoms. The third kappa shape index (κ3) is 4.55. The molecule has 1 amide bonds. The van der Waals surface area contributed by atoms with E-state index in [1.807, 2.05) is 40.4 Å². The van der Waals surface area contributed by atoms with E-state index in [-0.39, 0.29) is 5.91 Å². The number of allylic oxidation sites excluding steroid dienone is 2. The predicted octanol–water partition coefficient (Wildman–Crippen LogP) is 5.99. The molecule has 5 rings (SSSR count). The van der Waals surface area contributed by atoms with Gasteiger partial charge in [-0.05, 0) is 66.1 Å². The molecular weight excluding hydrogens is 416 g/mol. The minimum atomic E-state index is -0.147. The third-order valence-corrected chi connectivity index (χ3v) is 6.66. The van der Waals surface area contributed by atoms with Crippen molar-refractivity contribution in [1.82, 2.24) is 14.5 Å². The Kier molecular flexibility index (Phi) is 5.94. The van der Waals surface area contributed by atoms with E-state index in [2.05, 4.69) is 46.7 Å². The number of aromatic nitrogens is 3. The van der Waals surface area contributed by atoms with Crippen LogP contribution in [0.15, 0.2) is 84.6 Å². The second-order valence-corrected chi connectivity index (χ2v) is 8.84. The Morgan fingerprint density at radius 3 is 2.72 bits per heavy atom. The summed E-state index contributed by atoms with van der Waals surface area (Å²) >= 11 is 1.47. The van der Waals surface area contributed by atoms with Gasteiger partial charge in [0.1, 0.15) is 5.69 Å². The molecule has 0 radical (unpaired) electrons. The van der Waals surface area contributed by atoms with Crippen LogP contribution >= 0.6 is 11.3 Å². The molecule has 1 aliphatic rings. The maximum atomic E-state index is 12.9. The number of hydrogen-bond acceptors (Lipinski definition) is 4. The van der Waals surface area contributed by atoms with E-state index in [1.54, 1.807) is 12.4 Å². The first-order valence-corrected chi connectivity index (χ1v) is 11.7. The summed E-state index contributed by atoms with van der Waals surface area (Å²) in [5.74, 6) is 0.428. The van der Waals surface area contributed by atoms with Crippen molar-refractivity contribution < 1.29 is 4.79 Å². The van der Waals surface area contributed by atoms with E-state index in [1.165, 1.54) is 22.5 Å². The van der Waals surface area contributed by atoms with Gasteiger partial charge in [0.15, 0.2) is 5.13 Å². The van der Waals surface area contributed by atoms with Crippen LogP contribution in [0.3, 0.4) is 0 Å². The summed E-state index contributed by atoms with van der Waals surface area (Å²) in [6.07, 6.45) is 10.9. The lowest BCUT2D eigenvalue weighted by Gasteiger charge is -2.21. The molecular formula is C26H24N4OS. The number of nitrogens with one attached hydrogen (secondary N) is 1. The van der Waals surface area contributed by atoms with Gasteiger partial charge in [-0.15, -0.1) is 11.3 Å². The smallest absolute Gasteiger partial charge is 0.274 e. The summed E-state index contributed by atoms with van der Waals surface area (Å²) in [4.78, 5) is 21.6. The second-order valence-electron chi connectivity index (χ2n) is 7.98. The summed E-state index contributed by atoms with van der Waals surface area (Å²) in [6.45, 7) is 0.622. The van der Waals surface area contributed by atoms with Gasteiger partial charge >= 0.3 is 0 Å². The Hall–Kier alpha value is -3.51. The van der Waals surface area contributed by atoms with Gasteiger partial charge in [0.25, 0.3) is 5.91 Å². The van der Waals surface area contributed by atoms with Crippen molar-refractivity contribution in [2.45, 2.75) is 31.7 Å². The number of carbonyl (C=O) groups is 1. The summed E-state index contributed by atoms with van der Waals surface area (Å²) in [5.41, 5.74) is 5.36. The van der Waals surface area contributed by atoms with Crippen LogP contribution < -0.4 is 5.32 Å². The molecule has 3 heterocycles. The number of amides is 1. The highest BCUT2D eigenvalue weighted by Crippen LogP contribution is 2.36. The average molecular weight is 441 g/mol. The van der Waals surface area contributed by atoms with Crippen LogP contribution in [-0.2, 0) is 6.54 Å². The molecule has 0 spiro atoms. The highest BCUT2D eigenvalue weighted by molar-refractivity contribution is 7.14. The van der Waals surface area contributed by atoms with Crippen molar-refractivity contribution in [1.29, 1.82) is 0 Å². The Balaban J connectivity index is 1.24. The van der Waals surface area contributed by atoms with Gasteiger partial charge in [-0.3, -0.25) is 15.1 Å². The van der Waals surface area contributed by atoms with E-state index in [0.29, 0.717) is 23.3 Å². The maximum Gasteiger partial charge on any atom is 0.274 e. The Morgan fingerprint density at radius 2 is 1.94 bits per heavy atom. The summed E-state index contributed by atoms with van der Waals surface area (Å²) in [5, 5.41) is 5.65. The molecule has 1 N–H and O–H groups in total. The number of anilines is 1. The first-order valence-electron chi connectivity index (χ1n) is 10.8. The number of hydrogen-bond donors (Lipinski definition) is 1. The number of carbonyl (C=O) groups excluding carboxylic acids is 1. The van der Waals surface area contributed by atoms with Crippen molar-refractivity contribution >= 4 is 27.9 Å². The average Bonchev–Trinajstić information content (AvgIpc) is 3.50. The van der Waals surface area contributed by atoms with Crippen LogP contribution in [0, 0.1) is 0 Å². The molecule has 5 nitrogen and oxygen atoms in total. The number of thiazole rings is 1. The van der Waals surface area contributed by atoms with Gasteiger partial charge in [-0.1, -0.05) is 36.4 Å². The zero-order valence-electron chi connectivity index (χ0n) is 17.6. The van der Waals surface area contributed by atoms with Crippen LogP contribution in [-0.4, -0.2) is 20.4 Å². The number of rotatable bonds is 6. The normalized spacial score (nSPS) is 15.9. The molecule has 0 fully saturated rings. The molecule has 0 saturated heterocycles. The Labute approximate surface area is 191 Å². The molecule has 3 aromatic heterocycles. The monoisotopic (exact) mass is 440 g/mol. The lowest BCUT2D eigenvalue weighted by atomic mass is 9.84. The van der Waals surface area contributed by atoms with Crippen molar-refractivity contribution in [3.8, 4) is 0 Å². The van der Waals surface area contributed by atoms with Gasteiger partial charge in [-0.25, -0.2) is 4.98 Å². The van der Waals surface area contributed by atoms with Gasteiger partial charge in [0.2, 0.25) is 0 Å². The van der Waals surface area contributed by atoms with Gasteiger partial charge in [-0.2, -0.15) is 0 Å². The highest BCUT2D eigenvalue weighted by Gasteiger charge is 2.19. The molecule has 1 atom stereocenters. The van der Waals surface area contributed by atoms with Crippen molar-refractivity contribution in [2.24, 2.45) is 0 Å². The van der Waals surface area contributed by atoms with E-state index < -0.39 is 0 Å². The minimum Gasteiger partial charge on any atom is -0.339 e. The number of benzene rings is 1. The van der Waals surface area contributed by atoms with Crippen molar-refractivity contribution in [3.05, 3.63) is 107 Å². The van der Waals surface area contributed by atoms with Crippen molar-refractivity contribution in [2.75, 3.05) is 5.32 Å². The van der Waals surface area contributed by atoms with Crippen LogP contribution in [0.4, 0.5) is 5.13 Å². The second kappa shape index (κ2) is 9.32. The lowest BCUT2D eigenvalue weighted by Crippen LogP contribution is -2.17. The topological polar surface area (TPSA) is 59.8 Å². The minimum absolute atomic E-state index is 0.147. The maximum absolute atomic E-state index is 12.9. The molecule has 1 unspecified atom stereocenters. The zero-order chi connectivity index (χ0) is 21.8. The predicted molar refractivity (Wildman–Crippen MR) is 129 cm³/mol. The molecule has 6 heteroatoms. The van der Waals surface area contributed by atoms with Crippen LogP contribution in [0.2, 0.25) is 0 Å². The van der Waals surface area contributed by atoms with E-state index in [9.17, 15) is 4.79 Å². The lowest BCUT2D eigenvalue weighted by molar-refractivity contribution is 0.101. The standard InChI is InChI=1S/C26H24N4OS/c31-25(24-7-4-16-30(24)17-19-12-14-27-15-13-19)29-26-28-23(18-32-26)22-10-8-21(9-11-22)20-5-2-1-3-6-20/h1-7,10,12-16,18,21H,8-9,11,17H2,(H,28,29,31).